The number of benzene rings is 1. The molecule has 118 valence electrons. The van der Waals surface area contributed by atoms with Crippen LogP contribution < -0.4 is 5.73 Å². The molecule has 2 aliphatic rings. The van der Waals surface area contributed by atoms with Crippen LogP contribution in [0.1, 0.15) is 36.8 Å². The molecule has 1 saturated heterocycles. The first kappa shape index (κ1) is 15.2. The normalized spacial score (nSPS) is 22.7. The number of carbonyl (C=O) groups excluding carboxylic acids is 1. The number of aryl methyl sites for hydroxylation is 1. The number of amides is 1. The van der Waals surface area contributed by atoms with Crippen molar-refractivity contribution in [3.05, 3.63) is 40.3 Å². The second-order valence-electron chi connectivity index (χ2n) is 5.84. The van der Waals surface area contributed by atoms with E-state index in [9.17, 15) is 13.2 Å². The summed E-state index contributed by atoms with van der Waals surface area (Å²) in [5.41, 5.74) is 7.50. The van der Waals surface area contributed by atoms with Gasteiger partial charge in [-0.2, -0.15) is 4.31 Å². The van der Waals surface area contributed by atoms with E-state index in [2.05, 4.69) is 0 Å². The molecule has 1 aliphatic heterocycles. The minimum Gasteiger partial charge on any atom is -0.368 e. The molecule has 1 aromatic rings. The van der Waals surface area contributed by atoms with Crippen LogP contribution in [0.5, 0.6) is 0 Å². The number of rotatable bonds is 3. The summed E-state index contributed by atoms with van der Waals surface area (Å²) in [5, 5.41) is 0. The lowest BCUT2D eigenvalue weighted by Gasteiger charge is -2.33. The van der Waals surface area contributed by atoms with Crippen molar-refractivity contribution in [1.82, 2.24) is 4.31 Å². The number of hydrogen-bond donors (Lipinski definition) is 1. The number of hydrogen-bond acceptors (Lipinski definition) is 3. The molecular formula is C16H20N2O3S. The average Bonchev–Trinajstić information content (AvgIpc) is 2.54. The van der Waals surface area contributed by atoms with Crippen molar-refractivity contribution in [2.24, 2.45) is 5.73 Å². The van der Waals surface area contributed by atoms with Crippen LogP contribution in [0.25, 0.3) is 6.08 Å². The summed E-state index contributed by atoms with van der Waals surface area (Å²) < 4.78 is 27.1. The van der Waals surface area contributed by atoms with E-state index in [1.165, 1.54) is 4.31 Å². The standard InChI is InChI=1S/C16H20N2O3S/c17-16(19)15-7-3-4-10-18(15)22(20,21)14-9-8-12-5-1-2-6-13(12)11-14/h1-2,5-6,11,15H,3-4,7-10H2,(H2,17,19). The van der Waals surface area contributed by atoms with Crippen LogP contribution in [0, 0.1) is 0 Å². The highest BCUT2D eigenvalue weighted by atomic mass is 32.2. The van der Waals surface area contributed by atoms with E-state index >= 15 is 0 Å². The molecule has 1 heterocycles. The number of carbonyl (C=O) groups is 1. The van der Waals surface area contributed by atoms with Crippen LogP contribution in [0.2, 0.25) is 0 Å². The maximum Gasteiger partial charge on any atom is 0.239 e. The topological polar surface area (TPSA) is 80.5 Å². The zero-order chi connectivity index (χ0) is 15.7. The number of primary amides is 1. The largest absolute Gasteiger partial charge is 0.368 e. The van der Waals surface area contributed by atoms with E-state index in [-0.39, 0.29) is 0 Å². The van der Waals surface area contributed by atoms with Crippen LogP contribution in [0.3, 0.4) is 0 Å². The fourth-order valence-corrected chi connectivity index (χ4v) is 5.09. The predicted molar refractivity (Wildman–Crippen MR) is 85.2 cm³/mol. The number of allylic oxidation sites excluding steroid dienone is 1. The van der Waals surface area contributed by atoms with E-state index in [1.807, 2.05) is 24.3 Å². The van der Waals surface area contributed by atoms with E-state index < -0.39 is 22.0 Å². The Kier molecular flexibility index (Phi) is 4.06. The highest BCUT2D eigenvalue weighted by molar-refractivity contribution is 7.93. The molecule has 1 unspecified atom stereocenters. The van der Waals surface area contributed by atoms with Crippen LogP contribution in [0.15, 0.2) is 29.2 Å². The molecule has 3 rings (SSSR count). The fraction of sp³-hybridized carbons (Fsp3) is 0.438. The summed E-state index contributed by atoms with van der Waals surface area (Å²) in [6.07, 6.45) is 5.03. The Labute approximate surface area is 130 Å². The van der Waals surface area contributed by atoms with Gasteiger partial charge in [-0.05, 0) is 42.9 Å². The van der Waals surface area contributed by atoms with E-state index in [0.29, 0.717) is 30.7 Å². The third-order valence-corrected chi connectivity index (χ3v) is 6.47. The minimum atomic E-state index is -3.63. The number of sulfonamides is 1. The van der Waals surface area contributed by atoms with Gasteiger partial charge in [-0.3, -0.25) is 4.79 Å². The highest BCUT2D eigenvalue weighted by Crippen LogP contribution is 2.31. The zero-order valence-electron chi connectivity index (χ0n) is 12.4. The number of nitrogens with zero attached hydrogens (tertiary/aromatic N) is 1. The van der Waals surface area contributed by atoms with Crippen molar-refractivity contribution >= 4 is 22.0 Å². The van der Waals surface area contributed by atoms with Gasteiger partial charge >= 0.3 is 0 Å². The maximum atomic E-state index is 12.9. The first-order chi connectivity index (χ1) is 10.5. The maximum absolute atomic E-state index is 12.9. The van der Waals surface area contributed by atoms with Gasteiger partial charge in [-0.25, -0.2) is 8.42 Å². The van der Waals surface area contributed by atoms with Gasteiger partial charge in [0.05, 0.1) is 4.91 Å². The van der Waals surface area contributed by atoms with Crippen LogP contribution >= 0.6 is 0 Å². The van der Waals surface area contributed by atoms with Crippen molar-refractivity contribution < 1.29 is 13.2 Å². The van der Waals surface area contributed by atoms with Gasteiger partial charge in [0.15, 0.2) is 0 Å². The molecule has 0 aromatic heterocycles. The van der Waals surface area contributed by atoms with E-state index in [4.69, 9.17) is 5.73 Å². The molecule has 0 saturated carbocycles. The monoisotopic (exact) mass is 320 g/mol. The lowest BCUT2D eigenvalue weighted by atomic mass is 9.98. The molecule has 6 heteroatoms. The van der Waals surface area contributed by atoms with Gasteiger partial charge in [0.25, 0.3) is 0 Å². The summed E-state index contributed by atoms with van der Waals surface area (Å²) in [5.74, 6) is -0.555. The number of nitrogens with two attached hydrogens (primary N) is 1. The third-order valence-electron chi connectivity index (χ3n) is 4.43. The Morgan fingerprint density at radius 3 is 2.73 bits per heavy atom. The summed E-state index contributed by atoms with van der Waals surface area (Å²) in [7, 11) is -3.63. The fourth-order valence-electron chi connectivity index (χ4n) is 3.24. The second-order valence-corrected chi connectivity index (χ2v) is 7.78. The molecule has 1 amide bonds. The lowest BCUT2D eigenvalue weighted by Crippen LogP contribution is -2.50. The molecule has 0 radical (unpaired) electrons. The Morgan fingerprint density at radius 1 is 1.18 bits per heavy atom. The van der Waals surface area contributed by atoms with Crippen LogP contribution in [-0.2, 0) is 21.2 Å². The Hall–Kier alpha value is -1.66. The van der Waals surface area contributed by atoms with Gasteiger partial charge in [0, 0.05) is 6.54 Å². The molecule has 2 N–H and O–H groups in total. The molecular weight excluding hydrogens is 300 g/mol. The number of piperidine rings is 1. The lowest BCUT2D eigenvalue weighted by molar-refractivity contribution is -0.122. The first-order valence-electron chi connectivity index (χ1n) is 7.60. The van der Waals surface area contributed by atoms with Crippen LogP contribution in [-0.4, -0.2) is 31.2 Å². The first-order valence-corrected chi connectivity index (χ1v) is 9.04. The second kappa shape index (κ2) is 5.85. The van der Waals surface area contributed by atoms with Crippen molar-refractivity contribution in [3.8, 4) is 0 Å². The van der Waals surface area contributed by atoms with Gasteiger partial charge in [-0.15, -0.1) is 0 Å². The Balaban J connectivity index is 1.96. The average molecular weight is 320 g/mol. The highest BCUT2D eigenvalue weighted by Gasteiger charge is 2.38. The molecule has 1 fully saturated rings. The quantitative estimate of drug-likeness (QED) is 0.919. The van der Waals surface area contributed by atoms with Crippen molar-refractivity contribution in [3.63, 3.8) is 0 Å². The summed E-state index contributed by atoms with van der Waals surface area (Å²) in [6, 6.07) is 7.09. The van der Waals surface area contributed by atoms with Crippen LogP contribution in [0.4, 0.5) is 0 Å². The summed E-state index contributed by atoms with van der Waals surface area (Å²) in [6.45, 7) is 0.370. The van der Waals surface area contributed by atoms with Gasteiger partial charge < -0.3 is 5.73 Å². The van der Waals surface area contributed by atoms with Gasteiger partial charge in [-0.1, -0.05) is 30.7 Å². The molecule has 22 heavy (non-hydrogen) atoms. The summed E-state index contributed by atoms with van der Waals surface area (Å²) in [4.78, 5) is 12.0. The summed E-state index contributed by atoms with van der Waals surface area (Å²) >= 11 is 0. The van der Waals surface area contributed by atoms with Gasteiger partial charge in [0.2, 0.25) is 15.9 Å². The molecule has 0 spiro atoms. The molecule has 0 bridgehead atoms. The minimum absolute atomic E-state index is 0.370. The SMILES string of the molecule is NC(=O)C1CCCCN1S(=O)(=O)C1=Cc2ccccc2CC1. The molecule has 1 atom stereocenters. The number of fused-ring (bicyclic) bond motifs is 1. The van der Waals surface area contributed by atoms with Crippen molar-refractivity contribution in [2.75, 3.05) is 6.54 Å². The van der Waals surface area contributed by atoms with E-state index in [1.54, 1.807) is 6.08 Å². The Morgan fingerprint density at radius 2 is 1.95 bits per heavy atom. The molecule has 5 nitrogen and oxygen atoms in total. The molecule has 1 aliphatic carbocycles. The van der Waals surface area contributed by atoms with E-state index in [0.717, 1.165) is 24.0 Å². The van der Waals surface area contributed by atoms with Gasteiger partial charge in [0.1, 0.15) is 6.04 Å². The third kappa shape index (κ3) is 2.68. The predicted octanol–water partition coefficient (Wildman–Crippen LogP) is 1.64. The van der Waals surface area contributed by atoms with Crippen molar-refractivity contribution in [2.45, 2.75) is 38.1 Å². The Bertz CT molecular complexity index is 725. The van der Waals surface area contributed by atoms with Crippen molar-refractivity contribution in [1.29, 1.82) is 0 Å². The smallest absolute Gasteiger partial charge is 0.239 e. The molecule has 1 aromatic carbocycles. The zero-order valence-corrected chi connectivity index (χ0v) is 13.2.